The fraction of sp³-hybridized carbons (Fsp3) is 0.391. The molecular formula is C23H29ClN4O3. The average Bonchev–Trinajstić information content (AvgIpc) is 2.80. The van der Waals surface area contributed by atoms with Crippen LogP contribution < -0.4 is 15.4 Å². The quantitative estimate of drug-likeness (QED) is 0.618. The van der Waals surface area contributed by atoms with E-state index < -0.39 is 6.04 Å². The summed E-state index contributed by atoms with van der Waals surface area (Å²) in [5.41, 5.74) is 0.763. The van der Waals surface area contributed by atoms with Crippen LogP contribution in [-0.4, -0.2) is 74.5 Å². The van der Waals surface area contributed by atoms with E-state index >= 15 is 0 Å². The molecule has 0 aliphatic carbocycles. The number of ether oxygens (including phenoxy) is 1. The van der Waals surface area contributed by atoms with E-state index in [1.165, 1.54) is 0 Å². The van der Waals surface area contributed by atoms with E-state index in [9.17, 15) is 9.59 Å². The van der Waals surface area contributed by atoms with Gasteiger partial charge in [0, 0.05) is 39.8 Å². The van der Waals surface area contributed by atoms with Crippen molar-refractivity contribution in [2.45, 2.75) is 6.04 Å². The number of piperazine rings is 1. The molecule has 1 fully saturated rings. The molecular weight excluding hydrogens is 416 g/mol. The van der Waals surface area contributed by atoms with Crippen LogP contribution in [0.15, 0.2) is 54.6 Å². The van der Waals surface area contributed by atoms with E-state index in [1.807, 2.05) is 54.6 Å². The number of halogens is 1. The van der Waals surface area contributed by atoms with Gasteiger partial charge >= 0.3 is 0 Å². The van der Waals surface area contributed by atoms with Crippen LogP contribution in [0.5, 0.6) is 5.75 Å². The molecule has 0 saturated carbocycles. The summed E-state index contributed by atoms with van der Waals surface area (Å²) >= 11 is 6.11. The summed E-state index contributed by atoms with van der Waals surface area (Å²) in [5.74, 6) is 0.305. The number of amides is 2. The molecule has 0 radical (unpaired) electrons. The third-order valence-electron chi connectivity index (χ3n) is 5.28. The summed E-state index contributed by atoms with van der Waals surface area (Å²) in [4.78, 5) is 29.2. The van der Waals surface area contributed by atoms with Crippen molar-refractivity contribution in [2.24, 2.45) is 0 Å². The third kappa shape index (κ3) is 6.95. The predicted molar refractivity (Wildman–Crippen MR) is 121 cm³/mol. The first-order chi connectivity index (χ1) is 15.1. The molecule has 0 bridgehead atoms. The lowest BCUT2D eigenvalue weighted by molar-refractivity contribution is -0.129. The van der Waals surface area contributed by atoms with Gasteiger partial charge < -0.3 is 15.4 Å². The van der Waals surface area contributed by atoms with Crippen molar-refractivity contribution in [3.05, 3.63) is 65.2 Å². The molecule has 2 N–H and O–H groups in total. The zero-order chi connectivity index (χ0) is 22.1. The highest BCUT2D eigenvalue weighted by molar-refractivity contribution is 6.32. The Morgan fingerprint density at radius 3 is 2.32 bits per heavy atom. The average molecular weight is 445 g/mol. The lowest BCUT2D eigenvalue weighted by Crippen LogP contribution is -2.51. The normalized spacial score (nSPS) is 15.8. The Morgan fingerprint density at radius 2 is 1.65 bits per heavy atom. The number of carbonyl (C=O) groups is 2. The Bertz CT molecular complexity index is 857. The van der Waals surface area contributed by atoms with Crippen molar-refractivity contribution >= 4 is 23.4 Å². The summed E-state index contributed by atoms with van der Waals surface area (Å²) in [6, 6.07) is 16.0. The molecule has 1 aliphatic heterocycles. The van der Waals surface area contributed by atoms with Gasteiger partial charge in [-0.2, -0.15) is 0 Å². The molecule has 2 aromatic carbocycles. The minimum absolute atomic E-state index is 0.159. The maximum absolute atomic E-state index is 12.6. The molecule has 1 heterocycles. The first kappa shape index (κ1) is 23.1. The number of nitrogens with zero attached hydrogens (tertiary/aromatic N) is 2. The van der Waals surface area contributed by atoms with Gasteiger partial charge in [0.2, 0.25) is 11.8 Å². The maximum atomic E-state index is 12.6. The standard InChI is InChI=1S/C23H29ClN4O3/c1-25-23(30)22(18-7-3-2-4-8-18)26-21(29)17-28-13-11-27(12-14-28)15-16-31-20-10-6-5-9-19(20)24/h2-10,22H,11-17H2,1H3,(H,25,30)(H,26,29). The molecule has 31 heavy (non-hydrogen) atoms. The smallest absolute Gasteiger partial charge is 0.246 e. The van der Waals surface area contributed by atoms with Crippen molar-refractivity contribution in [2.75, 3.05) is 52.9 Å². The number of likely N-dealkylation sites (N-methyl/N-ethyl adjacent to an activating group) is 1. The summed E-state index contributed by atoms with van der Waals surface area (Å²) in [6.45, 7) is 4.93. The zero-order valence-electron chi connectivity index (χ0n) is 17.7. The molecule has 0 spiro atoms. The molecule has 1 saturated heterocycles. The molecule has 2 aromatic rings. The Kier molecular flexibility index (Phi) is 8.70. The molecule has 1 atom stereocenters. The summed E-state index contributed by atoms with van der Waals surface area (Å²) in [5, 5.41) is 6.10. The summed E-state index contributed by atoms with van der Waals surface area (Å²) in [7, 11) is 1.57. The van der Waals surface area contributed by atoms with Gasteiger partial charge in [-0.1, -0.05) is 54.1 Å². The van der Waals surface area contributed by atoms with E-state index in [-0.39, 0.29) is 18.4 Å². The highest BCUT2D eigenvalue weighted by Gasteiger charge is 2.24. The summed E-state index contributed by atoms with van der Waals surface area (Å²) < 4.78 is 5.76. The van der Waals surface area contributed by atoms with Crippen LogP contribution >= 0.6 is 11.6 Å². The molecule has 0 aromatic heterocycles. The van der Waals surface area contributed by atoms with Crippen molar-refractivity contribution in [1.29, 1.82) is 0 Å². The van der Waals surface area contributed by atoms with Crippen molar-refractivity contribution in [1.82, 2.24) is 20.4 Å². The monoisotopic (exact) mass is 444 g/mol. The first-order valence-electron chi connectivity index (χ1n) is 10.4. The van der Waals surface area contributed by atoms with Crippen LogP contribution in [0.3, 0.4) is 0 Å². The topological polar surface area (TPSA) is 73.9 Å². The first-order valence-corrected chi connectivity index (χ1v) is 10.8. The lowest BCUT2D eigenvalue weighted by Gasteiger charge is -2.34. The van der Waals surface area contributed by atoms with Crippen molar-refractivity contribution in [3.63, 3.8) is 0 Å². The zero-order valence-corrected chi connectivity index (χ0v) is 18.5. The Hall–Kier alpha value is -2.61. The highest BCUT2D eigenvalue weighted by Crippen LogP contribution is 2.23. The van der Waals surface area contributed by atoms with Crippen LogP contribution in [0.25, 0.3) is 0 Å². The van der Waals surface area contributed by atoms with Gasteiger partial charge in [-0.3, -0.25) is 19.4 Å². The van der Waals surface area contributed by atoms with Gasteiger partial charge in [0.1, 0.15) is 18.4 Å². The predicted octanol–water partition coefficient (Wildman–Crippen LogP) is 1.94. The second-order valence-electron chi connectivity index (χ2n) is 7.42. The van der Waals surface area contributed by atoms with Crippen LogP contribution in [0.4, 0.5) is 0 Å². The van der Waals surface area contributed by atoms with Crippen molar-refractivity contribution < 1.29 is 14.3 Å². The van der Waals surface area contributed by atoms with E-state index in [0.29, 0.717) is 17.4 Å². The number of rotatable bonds is 9. The Labute approximate surface area is 188 Å². The number of hydrogen-bond acceptors (Lipinski definition) is 5. The van der Waals surface area contributed by atoms with Gasteiger partial charge in [-0.05, 0) is 17.7 Å². The second kappa shape index (κ2) is 11.7. The van der Waals surface area contributed by atoms with Gasteiger partial charge in [0.25, 0.3) is 0 Å². The van der Waals surface area contributed by atoms with Crippen LogP contribution in [0, 0.1) is 0 Å². The molecule has 3 rings (SSSR count). The van der Waals surface area contributed by atoms with E-state index in [2.05, 4.69) is 20.4 Å². The number of nitrogens with one attached hydrogen (secondary N) is 2. The van der Waals surface area contributed by atoms with Gasteiger partial charge in [0.15, 0.2) is 0 Å². The largest absolute Gasteiger partial charge is 0.491 e. The minimum Gasteiger partial charge on any atom is -0.491 e. The summed E-state index contributed by atoms with van der Waals surface area (Å²) in [6.07, 6.45) is 0. The fourth-order valence-electron chi connectivity index (χ4n) is 3.52. The number of carbonyl (C=O) groups excluding carboxylic acids is 2. The minimum atomic E-state index is -0.693. The van der Waals surface area contributed by atoms with Crippen LogP contribution in [-0.2, 0) is 9.59 Å². The molecule has 1 aliphatic rings. The number of para-hydroxylation sites is 1. The SMILES string of the molecule is CNC(=O)C(NC(=O)CN1CCN(CCOc2ccccc2Cl)CC1)c1ccccc1. The third-order valence-corrected chi connectivity index (χ3v) is 5.59. The second-order valence-corrected chi connectivity index (χ2v) is 7.83. The Balaban J connectivity index is 1.41. The van der Waals surface area contributed by atoms with Gasteiger partial charge in [-0.25, -0.2) is 0 Å². The Morgan fingerprint density at radius 1 is 1.00 bits per heavy atom. The molecule has 1 unspecified atom stereocenters. The molecule has 7 nitrogen and oxygen atoms in total. The van der Waals surface area contributed by atoms with Crippen LogP contribution in [0.2, 0.25) is 5.02 Å². The molecule has 8 heteroatoms. The van der Waals surface area contributed by atoms with E-state index in [0.717, 1.165) is 38.3 Å². The number of hydrogen-bond donors (Lipinski definition) is 2. The van der Waals surface area contributed by atoms with Gasteiger partial charge in [0.05, 0.1) is 11.6 Å². The van der Waals surface area contributed by atoms with Crippen LogP contribution in [0.1, 0.15) is 11.6 Å². The van der Waals surface area contributed by atoms with E-state index in [1.54, 1.807) is 7.05 Å². The fourth-order valence-corrected chi connectivity index (χ4v) is 3.71. The molecule has 2 amide bonds. The van der Waals surface area contributed by atoms with Crippen molar-refractivity contribution in [3.8, 4) is 5.75 Å². The highest BCUT2D eigenvalue weighted by atomic mass is 35.5. The molecule has 166 valence electrons. The lowest BCUT2D eigenvalue weighted by atomic mass is 10.1. The maximum Gasteiger partial charge on any atom is 0.246 e. The number of benzene rings is 2. The van der Waals surface area contributed by atoms with E-state index in [4.69, 9.17) is 16.3 Å². The van der Waals surface area contributed by atoms with Gasteiger partial charge in [-0.15, -0.1) is 0 Å².